The van der Waals surface area contributed by atoms with Gasteiger partial charge < -0.3 is 10.1 Å². The molecular formula is C16H25NO2. The molecule has 1 unspecified atom stereocenters. The number of aryl methyl sites for hydroxylation is 1. The first-order valence-electron chi connectivity index (χ1n) is 6.86. The van der Waals surface area contributed by atoms with E-state index in [1.54, 1.807) is 0 Å². The molecule has 3 nitrogen and oxygen atoms in total. The van der Waals surface area contributed by atoms with E-state index in [1.165, 1.54) is 5.56 Å². The van der Waals surface area contributed by atoms with Gasteiger partial charge in [0, 0.05) is 6.04 Å². The standard InChI is InChI=1S/C16H25NO2/c1-13(10-11-14-8-6-5-7-9-14)17-12-15(18)19-16(2,3)4/h5-9,13,17H,10-12H2,1-4H3. The SMILES string of the molecule is CC(CCc1ccccc1)NCC(=O)OC(C)(C)C. The summed E-state index contributed by atoms with van der Waals surface area (Å²) in [7, 11) is 0. The third kappa shape index (κ3) is 7.62. The van der Waals surface area contributed by atoms with Crippen LogP contribution in [0.3, 0.4) is 0 Å². The maximum Gasteiger partial charge on any atom is 0.320 e. The van der Waals surface area contributed by atoms with Gasteiger partial charge in [0.15, 0.2) is 0 Å². The second kappa shape index (κ2) is 7.29. The second-order valence-corrected chi connectivity index (χ2v) is 5.89. The number of carbonyl (C=O) groups is 1. The molecule has 0 aliphatic rings. The van der Waals surface area contributed by atoms with Gasteiger partial charge >= 0.3 is 5.97 Å². The molecule has 106 valence electrons. The summed E-state index contributed by atoms with van der Waals surface area (Å²) in [6.45, 7) is 8.00. The van der Waals surface area contributed by atoms with Crippen molar-refractivity contribution in [3.05, 3.63) is 35.9 Å². The van der Waals surface area contributed by atoms with Crippen molar-refractivity contribution in [3.8, 4) is 0 Å². The smallest absolute Gasteiger partial charge is 0.320 e. The number of rotatable bonds is 6. The van der Waals surface area contributed by atoms with Gasteiger partial charge in [0.05, 0.1) is 6.54 Å². The van der Waals surface area contributed by atoms with Crippen LogP contribution in [-0.4, -0.2) is 24.2 Å². The van der Waals surface area contributed by atoms with Crippen molar-refractivity contribution in [1.82, 2.24) is 5.32 Å². The Morgan fingerprint density at radius 1 is 1.26 bits per heavy atom. The van der Waals surface area contributed by atoms with Crippen molar-refractivity contribution in [1.29, 1.82) is 0 Å². The van der Waals surface area contributed by atoms with Gasteiger partial charge in [-0.1, -0.05) is 30.3 Å². The van der Waals surface area contributed by atoms with Crippen LogP contribution in [0.15, 0.2) is 30.3 Å². The lowest BCUT2D eigenvalue weighted by Crippen LogP contribution is -2.36. The van der Waals surface area contributed by atoms with Crippen molar-refractivity contribution in [3.63, 3.8) is 0 Å². The molecule has 1 atom stereocenters. The van der Waals surface area contributed by atoms with Gasteiger partial charge in [-0.15, -0.1) is 0 Å². The molecule has 0 saturated carbocycles. The minimum atomic E-state index is -0.411. The van der Waals surface area contributed by atoms with Crippen molar-refractivity contribution in [2.24, 2.45) is 0 Å². The van der Waals surface area contributed by atoms with Crippen LogP contribution in [0.1, 0.15) is 39.7 Å². The Bertz CT molecular complexity index is 381. The minimum Gasteiger partial charge on any atom is -0.459 e. The average Bonchev–Trinajstić information content (AvgIpc) is 2.33. The minimum absolute atomic E-state index is 0.195. The number of hydrogen-bond donors (Lipinski definition) is 1. The molecule has 1 aromatic carbocycles. The van der Waals surface area contributed by atoms with Gasteiger partial charge in [0.2, 0.25) is 0 Å². The Balaban J connectivity index is 2.21. The summed E-state index contributed by atoms with van der Waals surface area (Å²) in [6.07, 6.45) is 2.02. The highest BCUT2D eigenvalue weighted by Crippen LogP contribution is 2.07. The largest absolute Gasteiger partial charge is 0.459 e. The zero-order valence-electron chi connectivity index (χ0n) is 12.4. The molecular weight excluding hydrogens is 238 g/mol. The lowest BCUT2D eigenvalue weighted by molar-refractivity contribution is -0.153. The van der Waals surface area contributed by atoms with E-state index >= 15 is 0 Å². The summed E-state index contributed by atoms with van der Waals surface area (Å²) >= 11 is 0. The maximum absolute atomic E-state index is 11.6. The highest BCUT2D eigenvalue weighted by molar-refractivity contribution is 5.72. The van der Waals surface area contributed by atoms with Gasteiger partial charge in [0.1, 0.15) is 5.60 Å². The third-order valence-corrected chi connectivity index (χ3v) is 2.72. The maximum atomic E-state index is 11.6. The summed E-state index contributed by atoms with van der Waals surface area (Å²) in [4.78, 5) is 11.6. The summed E-state index contributed by atoms with van der Waals surface area (Å²) in [5.74, 6) is -0.195. The Kier molecular flexibility index (Phi) is 6.03. The third-order valence-electron chi connectivity index (χ3n) is 2.72. The molecule has 3 heteroatoms. The van der Waals surface area contributed by atoms with Crippen LogP contribution in [-0.2, 0) is 16.0 Å². The fraction of sp³-hybridized carbons (Fsp3) is 0.562. The highest BCUT2D eigenvalue weighted by atomic mass is 16.6. The van der Waals surface area contributed by atoms with Crippen molar-refractivity contribution in [2.75, 3.05) is 6.54 Å². The molecule has 1 rings (SSSR count). The Morgan fingerprint density at radius 2 is 1.89 bits per heavy atom. The number of esters is 1. The van der Waals surface area contributed by atoms with Gasteiger partial charge in [-0.2, -0.15) is 0 Å². The molecule has 0 spiro atoms. The van der Waals surface area contributed by atoms with Crippen molar-refractivity contribution < 1.29 is 9.53 Å². The Morgan fingerprint density at radius 3 is 2.47 bits per heavy atom. The molecule has 1 N–H and O–H groups in total. The van der Waals surface area contributed by atoms with Gasteiger partial charge in [-0.25, -0.2) is 0 Å². The normalized spacial score (nSPS) is 13.1. The molecule has 0 fully saturated rings. The van der Waals surface area contributed by atoms with E-state index in [1.807, 2.05) is 39.0 Å². The van der Waals surface area contributed by atoms with Gasteiger partial charge in [-0.3, -0.25) is 4.79 Å². The average molecular weight is 263 g/mol. The second-order valence-electron chi connectivity index (χ2n) is 5.89. The molecule has 0 aliphatic heterocycles. The number of ether oxygens (including phenoxy) is 1. The Hall–Kier alpha value is -1.35. The van der Waals surface area contributed by atoms with Crippen molar-refractivity contribution in [2.45, 2.75) is 52.2 Å². The first-order valence-corrected chi connectivity index (χ1v) is 6.86. The van der Waals surface area contributed by atoms with Gasteiger partial charge in [0.25, 0.3) is 0 Å². The quantitative estimate of drug-likeness (QED) is 0.802. The monoisotopic (exact) mass is 263 g/mol. The van der Waals surface area contributed by atoms with Crippen molar-refractivity contribution >= 4 is 5.97 Å². The molecule has 0 aliphatic carbocycles. The highest BCUT2D eigenvalue weighted by Gasteiger charge is 2.16. The predicted molar refractivity (Wildman–Crippen MR) is 78.1 cm³/mol. The molecule has 0 saturated heterocycles. The van der Waals surface area contributed by atoms with Crippen LogP contribution in [0, 0.1) is 0 Å². The van der Waals surface area contributed by atoms with E-state index < -0.39 is 5.60 Å². The van der Waals surface area contributed by atoms with Crippen LogP contribution in [0.4, 0.5) is 0 Å². The van der Waals surface area contributed by atoms with E-state index in [4.69, 9.17) is 4.74 Å². The predicted octanol–water partition coefficient (Wildman–Crippen LogP) is 2.94. The van der Waals surface area contributed by atoms with Crippen LogP contribution in [0.2, 0.25) is 0 Å². The molecule has 0 aromatic heterocycles. The van der Waals surface area contributed by atoms with E-state index in [-0.39, 0.29) is 12.5 Å². The van der Waals surface area contributed by atoms with E-state index in [9.17, 15) is 4.79 Å². The fourth-order valence-electron chi connectivity index (χ4n) is 1.77. The molecule has 19 heavy (non-hydrogen) atoms. The fourth-order valence-corrected chi connectivity index (χ4v) is 1.77. The molecule has 0 radical (unpaired) electrons. The first kappa shape index (κ1) is 15.7. The van der Waals surface area contributed by atoms with E-state index in [2.05, 4.69) is 24.4 Å². The van der Waals surface area contributed by atoms with Crippen LogP contribution < -0.4 is 5.32 Å². The molecule has 0 amide bonds. The summed E-state index contributed by atoms with van der Waals surface area (Å²) < 4.78 is 5.25. The zero-order chi connectivity index (χ0) is 14.3. The number of hydrogen-bond acceptors (Lipinski definition) is 3. The zero-order valence-corrected chi connectivity index (χ0v) is 12.4. The lowest BCUT2D eigenvalue weighted by Gasteiger charge is -2.20. The van der Waals surface area contributed by atoms with Crippen LogP contribution in [0.25, 0.3) is 0 Å². The van der Waals surface area contributed by atoms with Gasteiger partial charge in [-0.05, 0) is 46.1 Å². The summed E-state index contributed by atoms with van der Waals surface area (Å²) in [5, 5.41) is 3.20. The Labute approximate surface area is 116 Å². The topological polar surface area (TPSA) is 38.3 Å². The molecule has 1 aromatic rings. The van der Waals surface area contributed by atoms with E-state index in [0.29, 0.717) is 6.04 Å². The summed E-state index contributed by atoms with van der Waals surface area (Å²) in [6, 6.07) is 10.7. The summed E-state index contributed by atoms with van der Waals surface area (Å²) in [5.41, 5.74) is 0.917. The molecule has 0 heterocycles. The number of benzene rings is 1. The first-order chi connectivity index (χ1) is 8.87. The van der Waals surface area contributed by atoms with E-state index in [0.717, 1.165) is 12.8 Å². The lowest BCUT2D eigenvalue weighted by atomic mass is 10.1. The molecule has 0 bridgehead atoms. The van der Waals surface area contributed by atoms with Crippen LogP contribution in [0.5, 0.6) is 0 Å². The number of carbonyl (C=O) groups excluding carboxylic acids is 1. The number of nitrogens with one attached hydrogen (secondary N) is 1. The van der Waals surface area contributed by atoms with Crippen LogP contribution >= 0.6 is 0 Å².